The van der Waals surface area contributed by atoms with Crippen LogP contribution in [0.5, 0.6) is 0 Å². The van der Waals surface area contributed by atoms with Gasteiger partial charge in [0, 0.05) is 13.1 Å². The molecule has 1 aliphatic rings. The molecule has 2 rings (SSSR count). The first kappa shape index (κ1) is 12.1. The lowest BCUT2D eigenvalue weighted by Gasteiger charge is -2.36. The average Bonchev–Trinajstić information content (AvgIpc) is 2.30. The summed E-state index contributed by atoms with van der Waals surface area (Å²) in [6.45, 7) is 3.12. The van der Waals surface area contributed by atoms with Gasteiger partial charge in [-0.2, -0.15) is 0 Å². The number of carboxylic acids is 1. The van der Waals surface area contributed by atoms with E-state index < -0.39 is 11.4 Å². The number of piperidine rings is 1. The third-order valence-electron chi connectivity index (χ3n) is 3.30. The number of hydrogen-bond donors (Lipinski definition) is 1. The summed E-state index contributed by atoms with van der Waals surface area (Å²) in [5, 5.41) is 9.49. The monoisotopic (exact) mass is 255 g/mol. The summed E-state index contributed by atoms with van der Waals surface area (Å²) in [6.07, 6.45) is 4.35. The number of nitrogens with zero attached hydrogens (tertiary/aromatic N) is 3. The molecule has 1 aromatic rings. The third-order valence-corrected chi connectivity index (χ3v) is 3.48. The first-order chi connectivity index (χ1) is 8.01. The Balaban J connectivity index is 2.07. The van der Waals surface area contributed by atoms with E-state index in [1.165, 1.54) is 6.20 Å². The van der Waals surface area contributed by atoms with Crippen LogP contribution in [0.2, 0.25) is 5.15 Å². The van der Waals surface area contributed by atoms with E-state index in [4.69, 9.17) is 16.7 Å². The Bertz CT molecular complexity index is 430. The molecule has 0 saturated carbocycles. The normalized spacial score (nSPS) is 19.1. The maximum Gasteiger partial charge on any atom is 0.309 e. The Morgan fingerprint density at radius 2 is 2.12 bits per heavy atom. The van der Waals surface area contributed by atoms with Crippen LogP contribution in [0.1, 0.15) is 19.8 Å². The molecular weight excluding hydrogens is 242 g/mol. The molecule has 6 heteroatoms. The van der Waals surface area contributed by atoms with Crippen LogP contribution in [0.4, 0.5) is 5.82 Å². The molecule has 0 atom stereocenters. The smallest absolute Gasteiger partial charge is 0.309 e. The molecule has 92 valence electrons. The van der Waals surface area contributed by atoms with Gasteiger partial charge in [-0.3, -0.25) is 9.78 Å². The minimum absolute atomic E-state index is 0.356. The molecule has 1 N–H and O–H groups in total. The van der Waals surface area contributed by atoms with Gasteiger partial charge in [-0.25, -0.2) is 4.98 Å². The number of aliphatic carboxylic acids is 1. The van der Waals surface area contributed by atoms with Crippen LogP contribution in [0.3, 0.4) is 0 Å². The van der Waals surface area contributed by atoms with Crippen LogP contribution in [0.15, 0.2) is 12.4 Å². The second-order valence-corrected chi connectivity index (χ2v) is 4.94. The molecule has 17 heavy (non-hydrogen) atoms. The molecule has 0 spiro atoms. The standard InChI is InChI=1S/C11H14ClN3O2/c1-11(10(16)17)2-4-15(5-3-11)9-7-13-6-8(12)14-9/h6-7H,2-5H2,1H3,(H,16,17). The van der Waals surface area contributed by atoms with Crippen molar-refractivity contribution < 1.29 is 9.90 Å². The SMILES string of the molecule is CC1(C(=O)O)CCN(c2cncc(Cl)n2)CC1. The largest absolute Gasteiger partial charge is 0.481 e. The highest BCUT2D eigenvalue weighted by Gasteiger charge is 2.37. The van der Waals surface area contributed by atoms with Gasteiger partial charge in [0.25, 0.3) is 0 Å². The van der Waals surface area contributed by atoms with Gasteiger partial charge in [-0.1, -0.05) is 11.6 Å². The number of anilines is 1. The number of carbonyl (C=O) groups is 1. The van der Waals surface area contributed by atoms with Crippen molar-refractivity contribution in [3.63, 3.8) is 0 Å². The Morgan fingerprint density at radius 3 is 2.65 bits per heavy atom. The molecule has 0 aliphatic carbocycles. The zero-order valence-corrected chi connectivity index (χ0v) is 10.3. The fraction of sp³-hybridized carbons (Fsp3) is 0.545. The van der Waals surface area contributed by atoms with Crippen molar-refractivity contribution in [2.45, 2.75) is 19.8 Å². The summed E-state index contributed by atoms with van der Waals surface area (Å²) in [6, 6.07) is 0. The summed E-state index contributed by atoms with van der Waals surface area (Å²) >= 11 is 5.78. The van der Waals surface area contributed by atoms with Crippen LogP contribution in [-0.4, -0.2) is 34.1 Å². The van der Waals surface area contributed by atoms with Crippen molar-refractivity contribution in [1.82, 2.24) is 9.97 Å². The van der Waals surface area contributed by atoms with Crippen LogP contribution in [0.25, 0.3) is 0 Å². The summed E-state index contributed by atoms with van der Waals surface area (Å²) in [5.74, 6) is -0.0146. The van der Waals surface area contributed by atoms with Crippen molar-refractivity contribution in [3.8, 4) is 0 Å². The number of halogens is 1. The Hall–Kier alpha value is -1.36. The maximum atomic E-state index is 11.1. The molecule has 1 fully saturated rings. The zero-order valence-electron chi connectivity index (χ0n) is 9.56. The number of hydrogen-bond acceptors (Lipinski definition) is 4. The van der Waals surface area contributed by atoms with E-state index in [1.807, 2.05) is 4.90 Å². The van der Waals surface area contributed by atoms with Gasteiger partial charge in [0.2, 0.25) is 0 Å². The fourth-order valence-electron chi connectivity index (χ4n) is 1.93. The Labute approximate surface area is 104 Å². The number of rotatable bonds is 2. The highest BCUT2D eigenvalue weighted by Crippen LogP contribution is 2.32. The van der Waals surface area contributed by atoms with Gasteiger partial charge in [-0.05, 0) is 19.8 Å². The van der Waals surface area contributed by atoms with Crippen LogP contribution >= 0.6 is 11.6 Å². The Morgan fingerprint density at radius 1 is 1.47 bits per heavy atom. The second-order valence-electron chi connectivity index (χ2n) is 4.55. The topological polar surface area (TPSA) is 66.3 Å². The van der Waals surface area contributed by atoms with Crippen molar-refractivity contribution >= 4 is 23.4 Å². The number of aromatic nitrogens is 2. The second kappa shape index (κ2) is 4.49. The van der Waals surface area contributed by atoms with E-state index in [2.05, 4.69) is 9.97 Å². The minimum atomic E-state index is -0.727. The molecule has 0 amide bonds. The van der Waals surface area contributed by atoms with E-state index in [1.54, 1.807) is 13.1 Å². The first-order valence-electron chi connectivity index (χ1n) is 5.47. The van der Waals surface area contributed by atoms with E-state index in [0.717, 1.165) is 0 Å². The van der Waals surface area contributed by atoms with Crippen LogP contribution < -0.4 is 4.90 Å². The summed E-state index contributed by atoms with van der Waals surface area (Å²) in [5.41, 5.74) is -0.623. The highest BCUT2D eigenvalue weighted by molar-refractivity contribution is 6.29. The molecule has 1 aliphatic heterocycles. The van der Waals surface area contributed by atoms with Gasteiger partial charge in [-0.15, -0.1) is 0 Å². The molecule has 1 saturated heterocycles. The van der Waals surface area contributed by atoms with E-state index in [-0.39, 0.29) is 0 Å². The maximum absolute atomic E-state index is 11.1. The van der Waals surface area contributed by atoms with Crippen molar-refractivity contribution in [3.05, 3.63) is 17.5 Å². The molecule has 0 bridgehead atoms. The van der Waals surface area contributed by atoms with E-state index >= 15 is 0 Å². The molecule has 0 radical (unpaired) electrons. The molecule has 1 aromatic heterocycles. The van der Waals surface area contributed by atoms with E-state index in [9.17, 15) is 4.79 Å². The summed E-state index contributed by atoms with van der Waals surface area (Å²) < 4.78 is 0. The van der Waals surface area contributed by atoms with Gasteiger partial charge in [0.15, 0.2) is 0 Å². The lowest BCUT2D eigenvalue weighted by atomic mass is 9.80. The summed E-state index contributed by atoms with van der Waals surface area (Å²) in [7, 11) is 0. The Kier molecular flexibility index (Phi) is 3.19. The zero-order chi connectivity index (χ0) is 12.5. The van der Waals surface area contributed by atoms with Gasteiger partial charge >= 0.3 is 5.97 Å². The quantitative estimate of drug-likeness (QED) is 0.873. The lowest BCUT2D eigenvalue weighted by Crippen LogP contribution is -2.43. The predicted molar refractivity (Wildman–Crippen MR) is 64.2 cm³/mol. The fourth-order valence-corrected chi connectivity index (χ4v) is 2.07. The average molecular weight is 256 g/mol. The molecular formula is C11H14ClN3O2. The first-order valence-corrected chi connectivity index (χ1v) is 5.85. The molecule has 0 unspecified atom stereocenters. The molecule has 2 heterocycles. The van der Waals surface area contributed by atoms with Gasteiger partial charge in [0.05, 0.1) is 17.8 Å². The van der Waals surface area contributed by atoms with Crippen molar-refractivity contribution in [2.24, 2.45) is 5.41 Å². The van der Waals surface area contributed by atoms with Crippen molar-refractivity contribution in [1.29, 1.82) is 0 Å². The van der Waals surface area contributed by atoms with Gasteiger partial charge < -0.3 is 10.0 Å². The number of carboxylic acid groups (broad SMARTS) is 1. The minimum Gasteiger partial charge on any atom is -0.481 e. The molecule has 0 aromatic carbocycles. The lowest BCUT2D eigenvalue weighted by molar-refractivity contribution is -0.149. The van der Waals surface area contributed by atoms with Crippen LogP contribution in [0, 0.1) is 5.41 Å². The van der Waals surface area contributed by atoms with E-state index in [0.29, 0.717) is 36.9 Å². The predicted octanol–water partition coefficient (Wildman–Crippen LogP) is 1.82. The van der Waals surface area contributed by atoms with Crippen LogP contribution in [-0.2, 0) is 4.79 Å². The van der Waals surface area contributed by atoms with Gasteiger partial charge in [0.1, 0.15) is 11.0 Å². The summed E-state index contributed by atoms with van der Waals surface area (Å²) in [4.78, 5) is 21.3. The van der Waals surface area contributed by atoms with Crippen molar-refractivity contribution in [2.75, 3.05) is 18.0 Å². The third kappa shape index (κ3) is 2.49. The molecule has 5 nitrogen and oxygen atoms in total. The highest BCUT2D eigenvalue weighted by atomic mass is 35.5.